The fourth-order valence-corrected chi connectivity index (χ4v) is 2.73. The van der Waals surface area contributed by atoms with Crippen molar-refractivity contribution in [3.63, 3.8) is 0 Å². The number of amides is 3. The van der Waals surface area contributed by atoms with Crippen molar-refractivity contribution in [1.82, 2.24) is 19.8 Å². The summed E-state index contributed by atoms with van der Waals surface area (Å²) in [6.45, 7) is 1.34. The maximum absolute atomic E-state index is 11.9. The molecule has 2 aromatic rings. The zero-order chi connectivity index (χ0) is 17.6. The number of benzene rings is 1. The van der Waals surface area contributed by atoms with E-state index in [1.54, 1.807) is 12.5 Å². The van der Waals surface area contributed by atoms with Crippen LogP contribution in [0.1, 0.15) is 30.4 Å². The molecule has 1 N–H and O–H groups in total. The van der Waals surface area contributed by atoms with E-state index >= 15 is 0 Å². The van der Waals surface area contributed by atoms with Gasteiger partial charge in [0, 0.05) is 51.3 Å². The van der Waals surface area contributed by atoms with Gasteiger partial charge in [-0.1, -0.05) is 24.3 Å². The van der Waals surface area contributed by atoms with Crippen LogP contribution < -0.4 is 5.32 Å². The Bertz CT molecular complexity index is 737. The third-order valence-corrected chi connectivity index (χ3v) is 4.15. The number of nitrogens with one attached hydrogen (secondary N) is 1. The monoisotopic (exact) mass is 340 g/mol. The normalized spacial score (nSPS) is 14.2. The van der Waals surface area contributed by atoms with Gasteiger partial charge < -0.3 is 9.88 Å². The Hall–Kier alpha value is -2.96. The van der Waals surface area contributed by atoms with Gasteiger partial charge in [0.1, 0.15) is 0 Å². The van der Waals surface area contributed by atoms with Crippen LogP contribution in [0.2, 0.25) is 0 Å². The van der Waals surface area contributed by atoms with E-state index in [9.17, 15) is 14.4 Å². The quantitative estimate of drug-likeness (QED) is 0.765. The molecule has 2 heterocycles. The maximum atomic E-state index is 11.9. The van der Waals surface area contributed by atoms with Crippen molar-refractivity contribution >= 4 is 17.7 Å². The summed E-state index contributed by atoms with van der Waals surface area (Å²) in [4.78, 5) is 40.1. The molecule has 1 aromatic carbocycles. The molecule has 0 aliphatic carbocycles. The third kappa shape index (κ3) is 4.53. The van der Waals surface area contributed by atoms with Crippen molar-refractivity contribution in [2.45, 2.75) is 32.4 Å². The van der Waals surface area contributed by atoms with Crippen molar-refractivity contribution in [3.8, 4) is 0 Å². The van der Waals surface area contributed by atoms with Gasteiger partial charge >= 0.3 is 0 Å². The molecular weight excluding hydrogens is 320 g/mol. The summed E-state index contributed by atoms with van der Waals surface area (Å²) < 4.78 is 1.98. The highest BCUT2D eigenvalue weighted by atomic mass is 16.2. The number of nitrogens with zero attached hydrogens (tertiary/aromatic N) is 3. The van der Waals surface area contributed by atoms with Crippen molar-refractivity contribution in [2.75, 3.05) is 6.54 Å². The summed E-state index contributed by atoms with van der Waals surface area (Å²) in [7, 11) is 0. The average molecular weight is 340 g/mol. The second kappa shape index (κ2) is 7.74. The Morgan fingerprint density at radius 1 is 1.08 bits per heavy atom. The summed E-state index contributed by atoms with van der Waals surface area (Å²) in [5.74, 6) is -0.549. The Morgan fingerprint density at radius 3 is 2.40 bits per heavy atom. The lowest BCUT2D eigenvalue weighted by Gasteiger charge is -2.13. The van der Waals surface area contributed by atoms with Crippen molar-refractivity contribution in [2.24, 2.45) is 0 Å². The molecule has 1 aromatic heterocycles. The zero-order valence-corrected chi connectivity index (χ0v) is 13.9. The number of imidazole rings is 1. The van der Waals surface area contributed by atoms with E-state index in [1.165, 1.54) is 4.90 Å². The van der Waals surface area contributed by atoms with Crippen LogP contribution in [-0.4, -0.2) is 38.7 Å². The molecule has 0 bridgehead atoms. The van der Waals surface area contributed by atoms with Gasteiger partial charge in [-0.05, 0) is 11.1 Å². The number of carbonyl (C=O) groups excluding carboxylic acids is 3. The number of hydrogen-bond acceptors (Lipinski definition) is 4. The van der Waals surface area contributed by atoms with Gasteiger partial charge in [0.25, 0.3) is 0 Å². The lowest BCUT2D eigenvalue weighted by molar-refractivity contribution is -0.138. The number of aromatic nitrogens is 2. The first-order valence-electron chi connectivity index (χ1n) is 8.25. The topological polar surface area (TPSA) is 84.3 Å². The van der Waals surface area contributed by atoms with E-state index in [0.717, 1.165) is 17.7 Å². The van der Waals surface area contributed by atoms with Gasteiger partial charge in [0.15, 0.2) is 0 Å². The van der Waals surface area contributed by atoms with Crippen LogP contribution in [0.3, 0.4) is 0 Å². The van der Waals surface area contributed by atoms with E-state index in [0.29, 0.717) is 6.54 Å². The highest BCUT2D eigenvalue weighted by molar-refractivity contribution is 6.02. The van der Waals surface area contributed by atoms with E-state index in [-0.39, 0.29) is 43.5 Å². The number of hydrogen-bond donors (Lipinski definition) is 1. The number of carbonyl (C=O) groups is 3. The molecular formula is C18H20N4O3. The summed E-state index contributed by atoms with van der Waals surface area (Å²) >= 11 is 0. The number of likely N-dealkylation sites (tertiary alicyclic amines) is 1. The van der Waals surface area contributed by atoms with Crippen LogP contribution in [0.15, 0.2) is 43.0 Å². The minimum atomic E-state index is -0.189. The second-order valence-corrected chi connectivity index (χ2v) is 6.02. The molecule has 3 amide bonds. The van der Waals surface area contributed by atoms with Crippen LogP contribution in [0.5, 0.6) is 0 Å². The molecule has 0 radical (unpaired) electrons. The summed E-state index contributed by atoms with van der Waals surface area (Å²) in [6, 6.07) is 7.98. The van der Waals surface area contributed by atoms with E-state index in [1.807, 2.05) is 35.0 Å². The lowest BCUT2D eigenvalue weighted by Crippen LogP contribution is -2.34. The second-order valence-electron chi connectivity index (χ2n) is 6.02. The maximum Gasteiger partial charge on any atom is 0.229 e. The summed E-state index contributed by atoms with van der Waals surface area (Å²) in [6.07, 6.45) is 6.06. The van der Waals surface area contributed by atoms with Crippen molar-refractivity contribution in [1.29, 1.82) is 0 Å². The minimum Gasteiger partial charge on any atom is -0.352 e. The minimum absolute atomic E-state index is 0.135. The first-order chi connectivity index (χ1) is 12.1. The SMILES string of the molecule is O=C(CCN1C(=O)CCC1=O)NCc1ccc(Cn2ccnc2)cc1. The summed E-state index contributed by atoms with van der Waals surface area (Å²) in [5.41, 5.74) is 2.15. The fraction of sp³-hybridized carbons (Fsp3) is 0.333. The molecule has 0 saturated carbocycles. The Kier molecular flexibility index (Phi) is 5.23. The molecule has 0 spiro atoms. The van der Waals surface area contributed by atoms with Gasteiger partial charge in [-0.3, -0.25) is 19.3 Å². The predicted molar refractivity (Wildman–Crippen MR) is 90.2 cm³/mol. The van der Waals surface area contributed by atoms with Gasteiger partial charge in [0.05, 0.1) is 6.33 Å². The molecule has 7 heteroatoms. The molecule has 3 rings (SSSR count). The molecule has 0 unspecified atom stereocenters. The first-order valence-corrected chi connectivity index (χ1v) is 8.25. The largest absolute Gasteiger partial charge is 0.352 e. The fourth-order valence-electron chi connectivity index (χ4n) is 2.73. The molecule has 1 fully saturated rings. The standard InChI is InChI=1S/C18H20N4O3/c23-16(7-9-22-17(24)5-6-18(22)25)20-11-14-1-3-15(4-2-14)12-21-10-8-19-13-21/h1-4,8,10,13H,5-7,9,11-12H2,(H,20,23). The molecule has 130 valence electrons. The van der Waals surface area contributed by atoms with Crippen molar-refractivity contribution in [3.05, 3.63) is 54.1 Å². The highest BCUT2D eigenvalue weighted by Crippen LogP contribution is 2.12. The molecule has 25 heavy (non-hydrogen) atoms. The molecule has 0 atom stereocenters. The molecule has 1 aliphatic rings. The van der Waals surface area contributed by atoms with Crippen LogP contribution in [0.4, 0.5) is 0 Å². The lowest BCUT2D eigenvalue weighted by atomic mass is 10.1. The van der Waals surface area contributed by atoms with Crippen molar-refractivity contribution < 1.29 is 14.4 Å². The van der Waals surface area contributed by atoms with E-state index < -0.39 is 0 Å². The third-order valence-electron chi connectivity index (χ3n) is 4.15. The van der Waals surface area contributed by atoms with Crippen LogP contribution >= 0.6 is 0 Å². The smallest absolute Gasteiger partial charge is 0.229 e. The van der Waals surface area contributed by atoms with Crippen LogP contribution in [0, 0.1) is 0 Å². The highest BCUT2D eigenvalue weighted by Gasteiger charge is 2.28. The first kappa shape index (κ1) is 16.9. The Labute approximate surface area is 145 Å². The molecule has 7 nitrogen and oxygen atoms in total. The number of imide groups is 1. The Balaban J connectivity index is 1.42. The van der Waals surface area contributed by atoms with Gasteiger partial charge in [-0.2, -0.15) is 0 Å². The Morgan fingerprint density at radius 2 is 1.76 bits per heavy atom. The van der Waals surface area contributed by atoms with Gasteiger partial charge in [-0.15, -0.1) is 0 Å². The van der Waals surface area contributed by atoms with E-state index in [4.69, 9.17) is 0 Å². The van der Waals surface area contributed by atoms with Gasteiger partial charge in [-0.25, -0.2) is 4.98 Å². The molecule has 1 aliphatic heterocycles. The summed E-state index contributed by atoms with van der Waals surface area (Å²) in [5, 5.41) is 2.81. The zero-order valence-electron chi connectivity index (χ0n) is 13.9. The predicted octanol–water partition coefficient (Wildman–Crippen LogP) is 1.09. The van der Waals surface area contributed by atoms with Gasteiger partial charge in [0.2, 0.25) is 17.7 Å². The van der Waals surface area contributed by atoms with Crippen LogP contribution in [0.25, 0.3) is 0 Å². The van der Waals surface area contributed by atoms with E-state index in [2.05, 4.69) is 10.3 Å². The van der Waals surface area contributed by atoms with Crippen LogP contribution in [-0.2, 0) is 27.5 Å². The molecule has 1 saturated heterocycles. The number of rotatable bonds is 7. The average Bonchev–Trinajstić information content (AvgIpc) is 3.23.